The Hall–Kier alpha value is -1.80. The molecule has 0 heterocycles. The number of ether oxygens (including phenoxy) is 2. The first-order valence-corrected chi connectivity index (χ1v) is 7.05. The van der Waals surface area contributed by atoms with Crippen molar-refractivity contribution in [2.75, 3.05) is 14.2 Å². The molecule has 0 atom stereocenters. The molecule has 20 heavy (non-hydrogen) atoms. The van der Waals surface area contributed by atoms with Crippen LogP contribution in [0.2, 0.25) is 0 Å². The number of nitrogens with zero attached hydrogens (tertiary/aromatic N) is 1. The molecular weight excluding hydrogens is 254 g/mol. The second-order valence-electron chi connectivity index (χ2n) is 5.12. The molecule has 0 N–H and O–H groups in total. The van der Waals surface area contributed by atoms with Crippen molar-refractivity contribution in [3.05, 3.63) is 23.3 Å². The van der Waals surface area contributed by atoms with Gasteiger partial charge in [-0.3, -0.25) is 0 Å². The van der Waals surface area contributed by atoms with Gasteiger partial charge in [0.15, 0.2) is 11.5 Å². The Labute approximate surface area is 119 Å². The van der Waals surface area contributed by atoms with Gasteiger partial charge in [0.2, 0.25) is 6.08 Å². The van der Waals surface area contributed by atoms with E-state index in [9.17, 15) is 4.79 Å². The molecule has 0 radical (unpaired) electrons. The van der Waals surface area contributed by atoms with Crippen LogP contribution in [-0.2, 0) is 16.8 Å². The lowest BCUT2D eigenvalue weighted by atomic mass is 9.84. The summed E-state index contributed by atoms with van der Waals surface area (Å²) in [6.45, 7) is 2.08. The first-order valence-electron chi connectivity index (χ1n) is 7.05. The lowest BCUT2D eigenvalue weighted by molar-refractivity contribution is 0.348. The van der Waals surface area contributed by atoms with Crippen molar-refractivity contribution in [2.45, 2.75) is 44.6 Å². The first kappa shape index (κ1) is 14.6. The zero-order chi connectivity index (χ0) is 14.6. The van der Waals surface area contributed by atoms with E-state index in [1.807, 2.05) is 12.1 Å². The third-order valence-corrected chi connectivity index (χ3v) is 4.19. The minimum atomic E-state index is -0.424. The lowest BCUT2D eigenvalue weighted by Gasteiger charge is -2.27. The van der Waals surface area contributed by atoms with Gasteiger partial charge >= 0.3 is 0 Å². The monoisotopic (exact) mass is 275 g/mol. The summed E-state index contributed by atoms with van der Waals surface area (Å²) in [4.78, 5) is 15.0. The summed E-state index contributed by atoms with van der Waals surface area (Å²) >= 11 is 0. The molecule has 2 rings (SSSR count). The van der Waals surface area contributed by atoms with E-state index < -0.39 is 5.54 Å². The second kappa shape index (κ2) is 6.10. The number of hydrogen-bond donors (Lipinski definition) is 0. The third kappa shape index (κ3) is 2.32. The summed E-state index contributed by atoms with van der Waals surface area (Å²) in [5.74, 6) is 1.47. The van der Waals surface area contributed by atoms with Crippen LogP contribution in [0.5, 0.6) is 11.5 Å². The highest BCUT2D eigenvalue weighted by Crippen LogP contribution is 2.47. The third-order valence-electron chi connectivity index (χ3n) is 4.19. The fourth-order valence-electron chi connectivity index (χ4n) is 3.27. The van der Waals surface area contributed by atoms with Gasteiger partial charge < -0.3 is 9.47 Å². The zero-order valence-electron chi connectivity index (χ0n) is 12.4. The summed E-state index contributed by atoms with van der Waals surface area (Å²) in [5, 5.41) is 0. The van der Waals surface area contributed by atoms with Crippen LogP contribution in [0.1, 0.15) is 43.7 Å². The Morgan fingerprint density at radius 2 is 1.95 bits per heavy atom. The molecule has 0 aliphatic heterocycles. The van der Waals surface area contributed by atoms with E-state index in [1.54, 1.807) is 20.3 Å². The maximum atomic E-state index is 10.9. The molecule has 4 nitrogen and oxygen atoms in total. The number of rotatable bonds is 5. The van der Waals surface area contributed by atoms with Crippen molar-refractivity contribution in [1.82, 2.24) is 0 Å². The van der Waals surface area contributed by atoms with E-state index in [4.69, 9.17) is 9.47 Å². The fourth-order valence-corrected chi connectivity index (χ4v) is 3.27. The molecule has 0 bridgehead atoms. The maximum Gasteiger partial charge on any atom is 0.235 e. The highest BCUT2D eigenvalue weighted by Gasteiger charge is 2.38. The van der Waals surface area contributed by atoms with Gasteiger partial charge in [-0.1, -0.05) is 25.8 Å². The largest absolute Gasteiger partial charge is 0.493 e. The van der Waals surface area contributed by atoms with Crippen LogP contribution < -0.4 is 9.47 Å². The second-order valence-corrected chi connectivity index (χ2v) is 5.12. The van der Waals surface area contributed by atoms with Crippen molar-refractivity contribution >= 4 is 6.08 Å². The summed E-state index contributed by atoms with van der Waals surface area (Å²) in [5.41, 5.74) is 1.73. The number of benzene rings is 1. The standard InChI is InChI=1S/C16H21NO3/c1-4-12-13(7-8-14(19-2)15(12)20-3)16(17-11-18)9-5-6-10-16/h7-8H,4-6,9-10H2,1-3H3. The minimum Gasteiger partial charge on any atom is -0.493 e. The van der Waals surface area contributed by atoms with Gasteiger partial charge in [0, 0.05) is 5.56 Å². The van der Waals surface area contributed by atoms with Crippen molar-refractivity contribution in [3.63, 3.8) is 0 Å². The van der Waals surface area contributed by atoms with Crippen molar-refractivity contribution < 1.29 is 14.3 Å². The van der Waals surface area contributed by atoms with Gasteiger partial charge in [-0.25, -0.2) is 4.79 Å². The number of hydrogen-bond acceptors (Lipinski definition) is 4. The summed E-state index contributed by atoms with van der Waals surface area (Å²) in [7, 11) is 3.27. The van der Waals surface area contributed by atoms with E-state index in [2.05, 4.69) is 11.9 Å². The van der Waals surface area contributed by atoms with Gasteiger partial charge in [0.05, 0.1) is 19.8 Å². The SMILES string of the molecule is CCc1c(C2(N=C=O)CCCC2)ccc(OC)c1OC. The Morgan fingerprint density at radius 3 is 2.45 bits per heavy atom. The first-order chi connectivity index (χ1) is 9.72. The topological polar surface area (TPSA) is 47.9 Å². The molecule has 1 aliphatic carbocycles. The van der Waals surface area contributed by atoms with E-state index in [1.165, 1.54) is 0 Å². The highest BCUT2D eigenvalue weighted by molar-refractivity contribution is 5.54. The molecule has 0 saturated heterocycles. The molecule has 1 aromatic rings. The van der Waals surface area contributed by atoms with Gasteiger partial charge in [-0.2, -0.15) is 4.99 Å². The van der Waals surface area contributed by atoms with E-state index in [0.29, 0.717) is 0 Å². The molecule has 0 unspecified atom stereocenters. The van der Waals surface area contributed by atoms with E-state index in [0.717, 1.165) is 54.7 Å². The number of isocyanates is 1. The smallest absolute Gasteiger partial charge is 0.235 e. The molecule has 1 aliphatic rings. The Morgan fingerprint density at radius 1 is 1.25 bits per heavy atom. The quantitative estimate of drug-likeness (QED) is 0.611. The summed E-state index contributed by atoms with van der Waals surface area (Å²) in [6, 6.07) is 3.92. The molecule has 0 spiro atoms. The van der Waals surface area contributed by atoms with Crippen molar-refractivity contribution in [2.24, 2.45) is 4.99 Å². The average molecular weight is 275 g/mol. The van der Waals surface area contributed by atoms with Gasteiger partial charge in [-0.05, 0) is 30.9 Å². The van der Waals surface area contributed by atoms with Gasteiger partial charge in [0.25, 0.3) is 0 Å². The van der Waals surface area contributed by atoms with Crippen LogP contribution >= 0.6 is 0 Å². The molecule has 108 valence electrons. The number of methoxy groups -OCH3 is 2. The van der Waals surface area contributed by atoms with E-state index in [-0.39, 0.29) is 0 Å². The van der Waals surface area contributed by atoms with Crippen LogP contribution in [0.3, 0.4) is 0 Å². The van der Waals surface area contributed by atoms with Gasteiger partial charge in [0.1, 0.15) is 0 Å². The summed E-state index contributed by atoms with van der Waals surface area (Å²) < 4.78 is 10.9. The number of carbonyl (C=O) groups excluding carboxylic acids is 1. The normalized spacial score (nSPS) is 16.6. The highest BCUT2D eigenvalue weighted by atomic mass is 16.5. The fraction of sp³-hybridized carbons (Fsp3) is 0.562. The van der Waals surface area contributed by atoms with Crippen molar-refractivity contribution in [1.29, 1.82) is 0 Å². The van der Waals surface area contributed by atoms with Gasteiger partial charge in [-0.15, -0.1) is 0 Å². The van der Waals surface area contributed by atoms with Crippen LogP contribution in [0.15, 0.2) is 17.1 Å². The predicted octanol–water partition coefficient (Wildman–Crippen LogP) is 3.37. The zero-order valence-corrected chi connectivity index (χ0v) is 12.4. The number of aliphatic imine (C=N–C) groups is 1. The molecular formula is C16H21NO3. The minimum absolute atomic E-state index is 0.424. The molecule has 0 aromatic heterocycles. The predicted molar refractivity (Wildman–Crippen MR) is 77.2 cm³/mol. The molecule has 1 saturated carbocycles. The van der Waals surface area contributed by atoms with Crippen LogP contribution in [0.4, 0.5) is 0 Å². The Bertz CT molecular complexity index is 527. The molecule has 4 heteroatoms. The maximum absolute atomic E-state index is 10.9. The molecule has 0 amide bonds. The lowest BCUT2D eigenvalue weighted by Crippen LogP contribution is -2.21. The van der Waals surface area contributed by atoms with Crippen LogP contribution in [0, 0.1) is 0 Å². The molecule has 1 fully saturated rings. The average Bonchev–Trinajstić information content (AvgIpc) is 2.95. The Kier molecular flexibility index (Phi) is 4.46. The molecule has 1 aromatic carbocycles. The van der Waals surface area contributed by atoms with Crippen LogP contribution in [0.25, 0.3) is 0 Å². The summed E-state index contributed by atoms with van der Waals surface area (Å²) in [6.07, 6.45) is 6.54. The van der Waals surface area contributed by atoms with E-state index >= 15 is 0 Å². The van der Waals surface area contributed by atoms with Crippen LogP contribution in [-0.4, -0.2) is 20.3 Å². The van der Waals surface area contributed by atoms with Crippen molar-refractivity contribution in [3.8, 4) is 11.5 Å². The Balaban J connectivity index is 2.64.